The van der Waals surface area contributed by atoms with Gasteiger partial charge in [-0.25, -0.2) is 4.98 Å². The van der Waals surface area contributed by atoms with Crippen LogP contribution in [0.4, 0.5) is 0 Å². The number of fused-ring (bicyclic) bond motifs is 1. The predicted molar refractivity (Wildman–Crippen MR) is 72.2 cm³/mol. The highest BCUT2D eigenvalue weighted by molar-refractivity contribution is 6.30. The van der Waals surface area contributed by atoms with Gasteiger partial charge >= 0.3 is 0 Å². The molecule has 0 aromatic carbocycles. The Morgan fingerprint density at radius 2 is 2.32 bits per heavy atom. The van der Waals surface area contributed by atoms with Gasteiger partial charge in [0.25, 0.3) is 0 Å². The summed E-state index contributed by atoms with van der Waals surface area (Å²) in [6, 6.07) is 5.80. The number of rotatable bonds is 5. The number of imidazole rings is 1. The lowest BCUT2D eigenvalue weighted by Gasteiger charge is -2.40. The highest BCUT2D eigenvalue weighted by Gasteiger charge is 2.37. The van der Waals surface area contributed by atoms with Crippen molar-refractivity contribution in [3.63, 3.8) is 0 Å². The maximum atomic E-state index is 9.36. The van der Waals surface area contributed by atoms with Gasteiger partial charge in [-0.1, -0.05) is 17.7 Å². The minimum Gasteiger partial charge on any atom is -0.396 e. The van der Waals surface area contributed by atoms with Crippen molar-refractivity contribution in [2.75, 3.05) is 26.4 Å². The molecule has 102 valence electrons. The van der Waals surface area contributed by atoms with E-state index in [1.807, 2.05) is 28.8 Å². The van der Waals surface area contributed by atoms with Crippen LogP contribution in [0.1, 0.15) is 5.69 Å². The highest BCUT2D eigenvalue weighted by atomic mass is 35.5. The molecular formula is C13H16ClN3O2. The molecule has 19 heavy (non-hydrogen) atoms. The molecule has 1 aliphatic rings. The van der Waals surface area contributed by atoms with Crippen molar-refractivity contribution in [3.8, 4) is 0 Å². The molecule has 1 aliphatic heterocycles. The molecule has 0 bridgehead atoms. The van der Waals surface area contributed by atoms with Crippen LogP contribution in [0, 0.1) is 5.41 Å². The number of aliphatic hydroxyl groups is 1. The fraction of sp³-hybridized carbons (Fsp3) is 0.462. The molecular weight excluding hydrogens is 266 g/mol. The van der Waals surface area contributed by atoms with Crippen molar-refractivity contribution in [3.05, 3.63) is 35.2 Å². The third kappa shape index (κ3) is 2.34. The first kappa shape index (κ1) is 12.9. The highest BCUT2D eigenvalue weighted by Crippen LogP contribution is 2.26. The van der Waals surface area contributed by atoms with Gasteiger partial charge in [-0.15, -0.1) is 0 Å². The summed E-state index contributed by atoms with van der Waals surface area (Å²) in [5, 5.41) is 13.2. The van der Waals surface area contributed by atoms with Gasteiger partial charge in [0, 0.05) is 19.3 Å². The Morgan fingerprint density at radius 1 is 1.47 bits per heavy atom. The first-order chi connectivity index (χ1) is 9.24. The van der Waals surface area contributed by atoms with Crippen LogP contribution in [0.25, 0.3) is 5.65 Å². The van der Waals surface area contributed by atoms with Gasteiger partial charge in [-0.3, -0.25) is 0 Å². The topological polar surface area (TPSA) is 58.8 Å². The lowest BCUT2D eigenvalue weighted by atomic mass is 9.87. The van der Waals surface area contributed by atoms with Crippen molar-refractivity contribution in [2.45, 2.75) is 6.54 Å². The summed E-state index contributed by atoms with van der Waals surface area (Å²) < 4.78 is 7.14. The minimum absolute atomic E-state index is 0.132. The molecule has 3 rings (SSSR count). The smallest absolute Gasteiger partial charge is 0.152 e. The van der Waals surface area contributed by atoms with E-state index < -0.39 is 0 Å². The Balaban J connectivity index is 1.70. The van der Waals surface area contributed by atoms with E-state index in [0.717, 1.165) is 11.3 Å². The van der Waals surface area contributed by atoms with Crippen molar-refractivity contribution in [1.29, 1.82) is 0 Å². The summed E-state index contributed by atoms with van der Waals surface area (Å²) in [4.78, 5) is 4.30. The Labute approximate surface area is 116 Å². The average Bonchev–Trinajstić information content (AvgIpc) is 2.69. The van der Waals surface area contributed by atoms with Crippen molar-refractivity contribution in [1.82, 2.24) is 14.7 Å². The number of aliphatic hydroxyl groups excluding tert-OH is 1. The number of nitrogens with zero attached hydrogens (tertiary/aromatic N) is 2. The van der Waals surface area contributed by atoms with E-state index in [2.05, 4.69) is 10.3 Å². The van der Waals surface area contributed by atoms with Crippen LogP contribution in [-0.4, -0.2) is 40.9 Å². The fourth-order valence-electron chi connectivity index (χ4n) is 2.26. The van der Waals surface area contributed by atoms with Crippen LogP contribution < -0.4 is 5.32 Å². The number of halogens is 1. The Hall–Kier alpha value is -1.14. The normalized spacial score (nSPS) is 17.6. The summed E-state index contributed by atoms with van der Waals surface area (Å²) in [6.07, 6.45) is 1.94. The minimum atomic E-state index is -0.132. The Kier molecular flexibility index (Phi) is 3.45. The molecule has 0 amide bonds. The molecule has 1 saturated heterocycles. The Morgan fingerprint density at radius 3 is 3.00 bits per heavy atom. The van der Waals surface area contributed by atoms with E-state index in [4.69, 9.17) is 16.3 Å². The van der Waals surface area contributed by atoms with Gasteiger partial charge in [-0.2, -0.15) is 0 Å². The largest absolute Gasteiger partial charge is 0.396 e. The summed E-state index contributed by atoms with van der Waals surface area (Å²) in [5.74, 6) is 0. The second-order valence-electron chi connectivity index (χ2n) is 5.03. The molecule has 1 fully saturated rings. The summed E-state index contributed by atoms with van der Waals surface area (Å²) in [6.45, 7) is 2.68. The lowest BCUT2D eigenvalue weighted by molar-refractivity contribution is -0.134. The van der Waals surface area contributed by atoms with Crippen LogP contribution >= 0.6 is 11.6 Å². The van der Waals surface area contributed by atoms with E-state index in [9.17, 15) is 5.11 Å². The van der Waals surface area contributed by atoms with Crippen LogP contribution in [0.5, 0.6) is 0 Å². The number of hydrogen-bond donors (Lipinski definition) is 2. The van der Waals surface area contributed by atoms with Crippen molar-refractivity contribution >= 4 is 17.2 Å². The second kappa shape index (κ2) is 5.09. The number of pyridine rings is 1. The van der Waals surface area contributed by atoms with Crippen LogP contribution in [0.2, 0.25) is 5.15 Å². The van der Waals surface area contributed by atoms with Crippen LogP contribution in [0.3, 0.4) is 0 Å². The number of aromatic nitrogens is 2. The molecule has 0 saturated carbocycles. The monoisotopic (exact) mass is 281 g/mol. The molecule has 3 heterocycles. The Bertz CT molecular complexity index is 575. The molecule has 0 radical (unpaired) electrons. The number of hydrogen-bond acceptors (Lipinski definition) is 4. The third-order valence-electron chi connectivity index (χ3n) is 3.52. The quantitative estimate of drug-likeness (QED) is 0.861. The molecule has 2 aromatic heterocycles. The average molecular weight is 282 g/mol. The maximum Gasteiger partial charge on any atom is 0.152 e. The number of nitrogens with one attached hydrogen (secondary N) is 1. The van der Waals surface area contributed by atoms with Crippen molar-refractivity contribution in [2.24, 2.45) is 5.41 Å². The van der Waals surface area contributed by atoms with E-state index >= 15 is 0 Å². The molecule has 2 N–H and O–H groups in total. The van der Waals surface area contributed by atoms with Gasteiger partial charge in [0.15, 0.2) is 5.15 Å². The molecule has 6 heteroatoms. The SMILES string of the molecule is OCC1(CNCc2c(Cl)nc3ccccn23)COC1. The van der Waals surface area contributed by atoms with E-state index in [0.29, 0.717) is 31.5 Å². The molecule has 0 spiro atoms. The molecule has 0 aliphatic carbocycles. The molecule has 0 atom stereocenters. The molecule has 5 nitrogen and oxygen atoms in total. The van der Waals surface area contributed by atoms with Gasteiger partial charge in [0.05, 0.1) is 30.9 Å². The van der Waals surface area contributed by atoms with Gasteiger partial charge < -0.3 is 19.6 Å². The lowest BCUT2D eigenvalue weighted by Crippen LogP contribution is -2.52. The first-order valence-corrected chi connectivity index (χ1v) is 6.63. The molecule has 0 unspecified atom stereocenters. The summed E-state index contributed by atoms with van der Waals surface area (Å²) >= 11 is 6.15. The summed E-state index contributed by atoms with van der Waals surface area (Å²) in [7, 11) is 0. The van der Waals surface area contributed by atoms with E-state index in [1.54, 1.807) is 0 Å². The predicted octanol–water partition coefficient (Wildman–Crippen LogP) is 1.09. The maximum absolute atomic E-state index is 9.36. The van der Waals surface area contributed by atoms with Gasteiger partial charge in [0.2, 0.25) is 0 Å². The zero-order valence-corrected chi connectivity index (χ0v) is 11.2. The fourth-order valence-corrected chi connectivity index (χ4v) is 2.51. The first-order valence-electron chi connectivity index (χ1n) is 6.25. The van der Waals surface area contributed by atoms with Crippen LogP contribution in [-0.2, 0) is 11.3 Å². The second-order valence-corrected chi connectivity index (χ2v) is 5.39. The third-order valence-corrected chi connectivity index (χ3v) is 3.83. The van der Waals surface area contributed by atoms with Crippen molar-refractivity contribution < 1.29 is 9.84 Å². The summed E-state index contributed by atoms with van der Waals surface area (Å²) in [5.41, 5.74) is 1.64. The zero-order valence-electron chi connectivity index (χ0n) is 10.5. The van der Waals surface area contributed by atoms with Crippen LogP contribution in [0.15, 0.2) is 24.4 Å². The zero-order chi connectivity index (χ0) is 13.3. The van der Waals surface area contributed by atoms with Gasteiger partial charge in [0.1, 0.15) is 5.65 Å². The van der Waals surface area contributed by atoms with E-state index in [-0.39, 0.29) is 12.0 Å². The standard InChI is InChI=1S/C13H16ClN3O2/c14-12-10(17-4-2-1-3-11(17)16-12)5-15-6-13(7-18)8-19-9-13/h1-4,15,18H,5-9H2. The van der Waals surface area contributed by atoms with Gasteiger partial charge in [-0.05, 0) is 12.1 Å². The number of ether oxygens (including phenoxy) is 1. The molecule has 2 aromatic rings. The van der Waals surface area contributed by atoms with E-state index in [1.165, 1.54) is 0 Å².